The zero-order valence-electron chi connectivity index (χ0n) is 26.9. The second-order valence-corrected chi connectivity index (χ2v) is 15.9. The quantitative estimate of drug-likeness (QED) is 0.273. The third-order valence-electron chi connectivity index (χ3n) is 14.0. The van der Waals surface area contributed by atoms with Crippen molar-refractivity contribution in [3.05, 3.63) is 65.8 Å². The number of benzene rings is 1. The Hall–Kier alpha value is -2.09. The molecule has 5 aliphatic carbocycles. The predicted molar refractivity (Wildman–Crippen MR) is 170 cm³/mol. The van der Waals surface area contributed by atoms with E-state index in [2.05, 4.69) is 78.5 Å². The molecule has 0 bridgehead atoms. The minimum atomic E-state index is -0.263. The van der Waals surface area contributed by atoms with Crippen molar-refractivity contribution in [3.8, 4) is 0 Å². The normalized spacial score (nSPS) is 42.9. The summed E-state index contributed by atoms with van der Waals surface area (Å²) in [5.74, 6) is 4.36. The number of ether oxygens (including phenoxy) is 1. The number of esters is 1. The molecule has 1 aromatic rings. The van der Waals surface area contributed by atoms with Gasteiger partial charge in [0.25, 0.3) is 0 Å². The molecule has 2 unspecified atom stereocenters. The number of hydrogen-bond donors (Lipinski definition) is 0. The fourth-order valence-electron chi connectivity index (χ4n) is 12.3. The van der Waals surface area contributed by atoms with Crippen molar-refractivity contribution in [3.63, 3.8) is 0 Å². The van der Waals surface area contributed by atoms with Gasteiger partial charge in [-0.3, -0.25) is 0 Å². The van der Waals surface area contributed by atoms with Crippen molar-refractivity contribution < 1.29 is 9.53 Å². The average molecular weight is 555 g/mol. The third kappa shape index (κ3) is 4.12. The molecule has 0 N–H and O–H groups in total. The van der Waals surface area contributed by atoms with Crippen LogP contribution in [0.5, 0.6) is 0 Å². The second kappa shape index (κ2) is 9.99. The van der Waals surface area contributed by atoms with E-state index in [4.69, 9.17) is 4.74 Å². The van der Waals surface area contributed by atoms with Gasteiger partial charge < -0.3 is 4.74 Å². The highest BCUT2D eigenvalue weighted by Crippen LogP contribution is 2.74. The van der Waals surface area contributed by atoms with E-state index < -0.39 is 0 Å². The molecule has 0 aromatic heterocycles. The molecule has 0 aliphatic heterocycles. The molecular weight excluding hydrogens is 500 g/mol. The molecule has 41 heavy (non-hydrogen) atoms. The first-order valence-electron chi connectivity index (χ1n) is 16.6. The lowest BCUT2D eigenvalue weighted by Crippen LogP contribution is -2.60. The summed E-state index contributed by atoms with van der Waals surface area (Å²) in [4.78, 5) is 12.0. The Morgan fingerprint density at radius 3 is 2.22 bits per heavy atom. The lowest BCUT2D eigenvalue weighted by Gasteiger charge is -2.68. The van der Waals surface area contributed by atoms with Crippen LogP contribution in [0.25, 0.3) is 5.57 Å². The Balaban J connectivity index is 1.32. The van der Waals surface area contributed by atoms with E-state index in [1.807, 2.05) is 12.1 Å². The minimum Gasteiger partial charge on any atom is -0.465 e. The maximum absolute atomic E-state index is 12.0. The molecule has 4 fully saturated rings. The number of allylic oxidation sites excluding steroid dienone is 5. The number of hydrogen-bond acceptors (Lipinski definition) is 2. The van der Waals surface area contributed by atoms with Gasteiger partial charge in [0.1, 0.15) is 0 Å². The summed E-state index contributed by atoms with van der Waals surface area (Å²) in [7, 11) is 1.45. The van der Waals surface area contributed by atoms with E-state index in [1.54, 1.807) is 0 Å². The van der Waals surface area contributed by atoms with Gasteiger partial charge in [0.2, 0.25) is 0 Å². The van der Waals surface area contributed by atoms with Gasteiger partial charge >= 0.3 is 5.97 Å². The number of methoxy groups -OCH3 is 1. The molecular formula is C39H54O2. The zero-order chi connectivity index (χ0) is 29.4. The number of fused-ring (bicyclic) bond motifs is 7. The Labute approximate surface area is 250 Å². The van der Waals surface area contributed by atoms with Gasteiger partial charge in [0.05, 0.1) is 12.7 Å². The smallest absolute Gasteiger partial charge is 0.337 e. The largest absolute Gasteiger partial charge is 0.465 e. The maximum Gasteiger partial charge on any atom is 0.337 e. The highest BCUT2D eigenvalue weighted by Gasteiger charge is 2.66. The average Bonchev–Trinajstić information content (AvgIpc) is 3.32. The van der Waals surface area contributed by atoms with Crippen LogP contribution in [0, 0.1) is 57.2 Å². The molecule has 222 valence electrons. The Kier molecular flexibility index (Phi) is 7.07. The van der Waals surface area contributed by atoms with Crippen LogP contribution in [-0.2, 0) is 4.74 Å². The Morgan fingerprint density at radius 1 is 0.902 bits per heavy atom. The van der Waals surface area contributed by atoms with E-state index in [9.17, 15) is 4.79 Å². The Bertz CT molecular complexity index is 1260. The first-order valence-corrected chi connectivity index (χ1v) is 16.6. The van der Waals surface area contributed by atoms with Crippen LogP contribution in [0.2, 0.25) is 0 Å². The maximum atomic E-state index is 12.0. The predicted octanol–water partition coefficient (Wildman–Crippen LogP) is 10.3. The highest BCUT2D eigenvalue weighted by atomic mass is 16.5. The topological polar surface area (TPSA) is 26.3 Å². The lowest BCUT2D eigenvalue weighted by atomic mass is 9.37. The van der Waals surface area contributed by atoms with Gasteiger partial charge in [0, 0.05) is 0 Å². The molecule has 0 saturated heterocycles. The van der Waals surface area contributed by atoms with Gasteiger partial charge in [-0.25, -0.2) is 4.79 Å². The summed E-state index contributed by atoms with van der Waals surface area (Å²) < 4.78 is 4.94. The summed E-state index contributed by atoms with van der Waals surface area (Å²) in [5.41, 5.74) is 6.11. The van der Waals surface area contributed by atoms with Crippen molar-refractivity contribution in [1.82, 2.24) is 0 Å². The van der Waals surface area contributed by atoms with E-state index in [0.717, 1.165) is 23.7 Å². The molecule has 5 aliphatic rings. The summed E-state index contributed by atoms with van der Waals surface area (Å²) in [6.07, 6.45) is 19.8. The summed E-state index contributed by atoms with van der Waals surface area (Å²) in [6.45, 7) is 19.5. The van der Waals surface area contributed by atoms with Crippen molar-refractivity contribution in [2.75, 3.05) is 7.11 Å². The van der Waals surface area contributed by atoms with Crippen LogP contribution in [0.3, 0.4) is 0 Å². The van der Waals surface area contributed by atoms with Gasteiger partial charge in [-0.05, 0) is 152 Å². The highest BCUT2D eigenvalue weighted by molar-refractivity contribution is 5.89. The zero-order valence-corrected chi connectivity index (χ0v) is 26.9. The minimum absolute atomic E-state index is 0.104. The van der Waals surface area contributed by atoms with Crippen molar-refractivity contribution >= 4 is 11.5 Å². The van der Waals surface area contributed by atoms with Crippen molar-refractivity contribution in [2.24, 2.45) is 57.2 Å². The fourth-order valence-corrected chi connectivity index (χ4v) is 12.3. The second-order valence-electron chi connectivity index (χ2n) is 15.9. The number of carbonyl (C=O) groups excluding carboxylic acids is 1. The van der Waals surface area contributed by atoms with Crippen LogP contribution in [0.4, 0.5) is 0 Å². The standard InChI is InChI=1S/C39H54O2/c1-9-20-39-22-18-28(25(2)3)34(39)32-15-14-31-30(37(32,6)23-24-39)16-17-33-36(4,5)29(19-21-38(31,33)7)26-10-12-27(13-11-26)35(40)41-8/h9-13,19-20,28,30-34H,2,14-18,21-24H2,1,3-8H3/b20-9+/t28-,30?,31-,32?,33-,34+,37-,38+,39+/m0/s1. The first kappa shape index (κ1) is 29.0. The van der Waals surface area contributed by atoms with Gasteiger partial charge in [-0.15, -0.1) is 0 Å². The molecule has 0 heterocycles. The number of carbonyl (C=O) groups is 1. The third-order valence-corrected chi connectivity index (χ3v) is 14.0. The van der Waals surface area contributed by atoms with Crippen molar-refractivity contribution in [2.45, 2.75) is 99.3 Å². The van der Waals surface area contributed by atoms with Crippen LogP contribution in [0.15, 0.2) is 54.6 Å². The summed E-state index contributed by atoms with van der Waals surface area (Å²) in [6, 6.07) is 8.14. The molecule has 2 nitrogen and oxygen atoms in total. The fraction of sp³-hybridized carbons (Fsp3) is 0.667. The molecule has 4 saturated carbocycles. The van der Waals surface area contributed by atoms with Crippen LogP contribution >= 0.6 is 0 Å². The van der Waals surface area contributed by atoms with Crippen LogP contribution < -0.4 is 0 Å². The molecule has 9 atom stereocenters. The lowest BCUT2D eigenvalue weighted by molar-refractivity contribution is -0.170. The van der Waals surface area contributed by atoms with Crippen molar-refractivity contribution in [1.29, 1.82) is 0 Å². The Morgan fingerprint density at radius 2 is 1.56 bits per heavy atom. The number of rotatable bonds is 4. The van der Waals surface area contributed by atoms with E-state index in [-0.39, 0.29) is 11.4 Å². The molecule has 6 rings (SSSR count). The molecule has 0 spiro atoms. The molecule has 2 heteroatoms. The first-order chi connectivity index (χ1) is 19.4. The van der Waals surface area contributed by atoms with Crippen LogP contribution in [-0.4, -0.2) is 13.1 Å². The summed E-state index contributed by atoms with van der Waals surface area (Å²) in [5, 5.41) is 0. The molecule has 0 radical (unpaired) electrons. The van der Waals surface area contributed by atoms with E-state index in [1.165, 1.54) is 81.6 Å². The molecule has 0 amide bonds. The van der Waals surface area contributed by atoms with Gasteiger partial charge in [-0.1, -0.05) is 70.2 Å². The van der Waals surface area contributed by atoms with E-state index in [0.29, 0.717) is 33.6 Å². The van der Waals surface area contributed by atoms with Gasteiger partial charge in [0.15, 0.2) is 0 Å². The van der Waals surface area contributed by atoms with Crippen LogP contribution in [0.1, 0.15) is 115 Å². The molecule has 1 aromatic carbocycles. The summed E-state index contributed by atoms with van der Waals surface area (Å²) >= 11 is 0. The monoisotopic (exact) mass is 554 g/mol. The van der Waals surface area contributed by atoms with E-state index >= 15 is 0 Å². The SMILES string of the molecule is C=C(C)[C@@H]1CC[C@]2(/C=C/C)CC[C@]3(C)C(CC[C@H]4C3CC[C@H]3C(C)(C)C(c5ccc(C(=O)OC)cc5)=CC[C@]43C)[C@@H]12. The van der Waals surface area contributed by atoms with Gasteiger partial charge in [-0.2, -0.15) is 0 Å².